The van der Waals surface area contributed by atoms with Crippen LogP contribution in [0.3, 0.4) is 0 Å². The average molecular weight is 681 g/mol. The van der Waals surface area contributed by atoms with Gasteiger partial charge in [-0.05, 0) is 53.6 Å². The summed E-state index contributed by atoms with van der Waals surface area (Å²) in [6.07, 6.45) is 1.86. The minimum absolute atomic E-state index is 0. The molecule has 8 rings (SSSR count). The summed E-state index contributed by atoms with van der Waals surface area (Å²) in [7, 11) is 0. The summed E-state index contributed by atoms with van der Waals surface area (Å²) in [6.45, 7) is 0. The summed E-state index contributed by atoms with van der Waals surface area (Å²) in [5, 5.41) is 4.96. The van der Waals surface area contributed by atoms with Crippen molar-refractivity contribution in [2.24, 2.45) is 0 Å². The first-order valence-electron chi connectivity index (χ1n) is 12.9. The van der Waals surface area contributed by atoms with Gasteiger partial charge >= 0.3 is 21.1 Å². The number of pyridine rings is 1. The zero-order chi connectivity index (χ0) is 25.1. The van der Waals surface area contributed by atoms with Gasteiger partial charge in [0, 0.05) is 33.4 Å². The molecule has 0 atom stereocenters. The van der Waals surface area contributed by atoms with Gasteiger partial charge in [0.25, 0.3) is 0 Å². The Labute approximate surface area is 240 Å². The molecule has 0 saturated heterocycles. The van der Waals surface area contributed by atoms with Crippen molar-refractivity contribution in [3.8, 4) is 22.6 Å². The molecular formula is C35H23N3Pt+2. The van der Waals surface area contributed by atoms with Gasteiger partial charge in [-0.15, -0.1) is 0 Å². The van der Waals surface area contributed by atoms with Gasteiger partial charge in [0.05, 0.1) is 22.1 Å². The number of fused-ring (bicyclic) bond motifs is 6. The van der Waals surface area contributed by atoms with Crippen LogP contribution in [-0.4, -0.2) is 14.1 Å². The Bertz CT molecular complexity index is 2120. The van der Waals surface area contributed by atoms with E-state index in [0.29, 0.717) is 0 Å². The Hall–Kier alpha value is -4.46. The molecule has 3 aromatic heterocycles. The van der Waals surface area contributed by atoms with E-state index in [9.17, 15) is 0 Å². The summed E-state index contributed by atoms with van der Waals surface area (Å²) in [6, 6.07) is 47.6. The van der Waals surface area contributed by atoms with Crippen LogP contribution >= 0.6 is 0 Å². The van der Waals surface area contributed by atoms with E-state index in [1.807, 2.05) is 18.3 Å². The van der Waals surface area contributed by atoms with Crippen LogP contribution < -0.4 is 0 Å². The van der Waals surface area contributed by atoms with Gasteiger partial charge in [-0.25, -0.2) is 4.98 Å². The standard InChI is InChI=1S/C35H23N3.Pt/c1-2-10-24(11-3-1)25-17-19-29-27-12-4-6-14-31(27)37(33(29)22-25)26-18-20-30-28-13-5-7-15-32(28)38(34(30)23-26)35-16-8-9-21-36-35;/h1-23H;/q;+2. The van der Waals surface area contributed by atoms with Crippen molar-refractivity contribution in [2.75, 3.05) is 0 Å². The molecule has 0 N–H and O–H groups in total. The van der Waals surface area contributed by atoms with E-state index >= 15 is 0 Å². The minimum atomic E-state index is 0. The first-order chi connectivity index (χ1) is 18.9. The molecule has 39 heavy (non-hydrogen) atoms. The zero-order valence-corrected chi connectivity index (χ0v) is 23.2. The van der Waals surface area contributed by atoms with Crippen molar-refractivity contribution in [3.63, 3.8) is 0 Å². The average Bonchev–Trinajstić information content (AvgIpc) is 3.50. The monoisotopic (exact) mass is 680 g/mol. The molecule has 0 unspecified atom stereocenters. The number of nitrogens with zero attached hydrogens (tertiary/aromatic N) is 3. The van der Waals surface area contributed by atoms with E-state index in [-0.39, 0.29) is 21.1 Å². The smallest absolute Gasteiger partial charge is 0.309 e. The molecule has 0 spiro atoms. The molecule has 0 saturated carbocycles. The molecule has 0 bridgehead atoms. The van der Waals surface area contributed by atoms with E-state index in [4.69, 9.17) is 4.98 Å². The van der Waals surface area contributed by atoms with Crippen molar-refractivity contribution in [2.45, 2.75) is 0 Å². The van der Waals surface area contributed by atoms with Gasteiger partial charge in [-0.3, -0.25) is 4.57 Å². The van der Waals surface area contributed by atoms with E-state index in [1.165, 1.54) is 43.7 Å². The summed E-state index contributed by atoms with van der Waals surface area (Å²) >= 11 is 0. The number of para-hydroxylation sites is 2. The topological polar surface area (TPSA) is 22.8 Å². The Morgan fingerprint density at radius 1 is 0.410 bits per heavy atom. The van der Waals surface area contributed by atoms with Crippen LogP contribution in [-0.2, 0) is 21.1 Å². The summed E-state index contributed by atoms with van der Waals surface area (Å²) in [5.74, 6) is 0.921. The fraction of sp³-hybridized carbons (Fsp3) is 0. The van der Waals surface area contributed by atoms with Gasteiger partial charge in [0.15, 0.2) is 0 Å². The number of hydrogen-bond donors (Lipinski definition) is 0. The van der Waals surface area contributed by atoms with Crippen LogP contribution in [0, 0.1) is 0 Å². The third-order valence-corrected chi connectivity index (χ3v) is 7.57. The fourth-order valence-corrected chi connectivity index (χ4v) is 5.89. The molecule has 3 heterocycles. The molecule has 0 fully saturated rings. The van der Waals surface area contributed by atoms with E-state index < -0.39 is 0 Å². The summed E-state index contributed by atoms with van der Waals surface area (Å²) in [4.78, 5) is 4.72. The Balaban J connectivity index is 0.00000253. The molecule has 0 aliphatic heterocycles. The second-order valence-electron chi connectivity index (χ2n) is 9.69. The maximum Gasteiger partial charge on any atom is 2.00 e. The van der Waals surface area contributed by atoms with Crippen molar-refractivity contribution < 1.29 is 21.1 Å². The van der Waals surface area contributed by atoms with Crippen molar-refractivity contribution in [3.05, 3.63) is 140 Å². The summed E-state index contributed by atoms with van der Waals surface area (Å²) < 4.78 is 4.68. The van der Waals surface area contributed by atoms with Crippen molar-refractivity contribution in [1.82, 2.24) is 14.1 Å². The molecule has 3 nitrogen and oxygen atoms in total. The van der Waals surface area contributed by atoms with Crippen LogP contribution in [0.2, 0.25) is 0 Å². The van der Waals surface area contributed by atoms with Gasteiger partial charge in [0.2, 0.25) is 0 Å². The molecule has 5 aromatic carbocycles. The Morgan fingerprint density at radius 2 is 1.00 bits per heavy atom. The predicted octanol–water partition coefficient (Wildman–Crippen LogP) is 8.94. The van der Waals surface area contributed by atoms with Crippen molar-refractivity contribution in [1.29, 1.82) is 0 Å². The van der Waals surface area contributed by atoms with E-state index in [2.05, 4.69) is 130 Å². The second kappa shape index (κ2) is 9.38. The largest absolute Gasteiger partial charge is 2.00 e. The minimum Gasteiger partial charge on any atom is -0.309 e. The first kappa shape index (κ1) is 23.6. The number of aromatic nitrogens is 3. The third kappa shape index (κ3) is 3.65. The predicted molar refractivity (Wildman–Crippen MR) is 158 cm³/mol. The first-order valence-corrected chi connectivity index (χ1v) is 12.9. The fourth-order valence-electron chi connectivity index (χ4n) is 5.89. The Morgan fingerprint density at radius 3 is 1.72 bits per heavy atom. The maximum absolute atomic E-state index is 4.72. The van der Waals surface area contributed by atoms with Crippen LogP contribution in [0.5, 0.6) is 0 Å². The molecule has 0 radical (unpaired) electrons. The molecule has 0 aliphatic carbocycles. The molecule has 4 heteroatoms. The van der Waals surface area contributed by atoms with Gasteiger partial charge in [-0.1, -0.05) is 91.0 Å². The quantitative estimate of drug-likeness (QED) is 0.183. The molecule has 0 amide bonds. The molecule has 0 aliphatic rings. The van der Waals surface area contributed by atoms with Crippen LogP contribution in [0.25, 0.3) is 66.2 Å². The van der Waals surface area contributed by atoms with Crippen LogP contribution in [0.4, 0.5) is 0 Å². The number of hydrogen-bond acceptors (Lipinski definition) is 1. The SMILES string of the molecule is [Pt+2].c1ccc(-c2ccc3c4ccccc4n(-c4ccc5c6ccccc6n(-c6ccccn6)c5c4)c3c2)cc1. The molecule has 186 valence electrons. The Kier molecular flexibility index (Phi) is 5.68. The molecular weight excluding hydrogens is 657 g/mol. The van der Waals surface area contributed by atoms with Gasteiger partial charge in [-0.2, -0.15) is 0 Å². The van der Waals surface area contributed by atoms with Gasteiger partial charge in [0.1, 0.15) is 5.82 Å². The normalized spacial score (nSPS) is 11.4. The van der Waals surface area contributed by atoms with Crippen LogP contribution in [0.15, 0.2) is 140 Å². The number of rotatable bonds is 3. The van der Waals surface area contributed by atoms with Crippen LogP contribution in [0.1, 0.15) is 0 Å². The zero-order valence-electron chi connectivity index (χ0n) is 20.9. The third-order valence-electron chi connectivity index (χ3n) is 7.57. The van der Waals surface area contributed by atoms with Gasteiger partial charge < -0.3 is 4.57 Å². The van der Waals surface area contributed by atoms with E-state index in [1.54, 1.807) is 0 Å². The van der Waals surface area contributed by atoms with E-state index in [0.717, 1.165) is 22.5 Å². The second-order valence-corrected chi connectivity index (χ2v) is 9.69. The number of benzene rings is 5. The van der Waals surface area contributed by atoms with Crippen molar-refractivity contribution >= 4 is 43.6 Å². The maximum atomic E-state index is 4.72. The summed E-state index contributed by atoms with van der Waals surface area (Å²) in [5.41, 5.74) is 8.27. The molecule has 8 aromatic rings.